The average molecular weight is 308 g/mol. The van der Waals surface area contributed by atoms with Gasteiger partial charge in [-0.15, -0.1) is 0 Å². The Balaban J connectivity index is 1.68. The molecule has 0 saturated carbocycles. The van der Waals surface area contributed by atoms with Crippen LogP contribution in [0.5, 0.6) is 0 Å². The Morgan fingerprint density at radius 1 is 1.27 bits per heavy atom. The van der Waals surface area contributed by atoms with Gasteiger partial charge in [-0.2, -0.15) is 0 Å². The molecule has 1 amide bonds. The van der Waals surface area contributed by atoms with Crippen LogP contribution in [0, 0.1) is 0 Å². The van der Waals surface area contributed by atoms with Crippen molar-refractivity contribution in [3.63, 3.8) is 0 Å². The molecular formula is C18H32N2O2. The van der Waals surface area contributed by atoms with E-state index in [1.54, 1.807) is 0 Å². The summed E-state index contributed by atoms with van der Waals surface area (Å²) in [5.74, 6) is 0.368. The molecule has 3 heterocycles. The van der Waals surface area contributed by atoms with Crippen molar-refractivity contribution in [3.05, 3.63) is 0 Å². The molecule has 3 atom stereocenters. The highest BCUT2D eigenvalue weighted by Gasteiger charge is 2.46. The van der Waals surface area contributed by atoms with Crippen molar-refractivity contribution in [3.8, 4) is 0 Å². The Bertz CT molecular complexity index is 395. The minimum Gasteiger partial charge on any atom is -0.376 e. The Labute approximate surface area is 135 Å². The van der Waals surface area contributed by atoms with Crippen LogP contribution in [-0.2, 0) is 9.53 Å². The lowest BCUT2D eigenvalue weighted by atomic mass is 9.87. The van der Waals surface area contributed by atoms with E-state index >= 15 is 0 Å². The number of nitrogens with zero attached hydrogens (tertiary/aromatic N) is 2. The van der Waals surface area contributed by atoms with Crippen molar-refractivity contribution < 1.29 is 9.53 Å². The second-order valence-electron chi connectivity index (χ2n) is 7.51. The first-order valence-electron chi connectivity index (χ1n) is 9.31. The van der Waals surface area contributed by atoms with Crippen LogP contribution in [0.1, 0.15) is 65.2 Å². The van der Waals surface area contributed by atoms with Crippen LogP contribution < -0.4 is 0 Å². The van der Waals surface area contributed by atoms with E-state index in [1.165, 1.54) is 25.8 Å². The van der Waals surface area contributed by atoms with E-state index in [4.69, 9.17) is 4.74 Å². The summed E-state index contributed by atoms with van der Waals surface area (Å²) in [5, 5.41) is 0. The van der Waals surface area contributed by atoms with E-state index in [0.29, 0.717) is 11.9 Å². The molecule has 3 aliphatic heterocycles. The van der Waals surface area contributed by atoms with E-state index < -0.39 is 0 Å². The van der Waals surface area contributed by atoms with Crippen LogP contribution in [-0.4, -0.2) is 59.6 Å². The van der Waals surface area contributed by atoms with Gasteiger partial charge in [0.2, 0.25) is 5.91 Å². The number of ether oxygens (including phenoxy) is 1. The fourth-order valence-electron chi connectivity index (χ4n) is 4.58. The van der Waals surface area contributed by atoms with Gasteiger partial charge >= 0.3 is 0 Å². The average Bonchev–Trinajstić information content (AvgIpc) is 3.07. The highest BCUT2D eigenvalue weighted by atomic mass is 16.5. The van der Waals surface area contributed by atoms with E-state index in [0.717, 1.165) is 51.8 Å². The van der Waals surface area contributed by atoms with Crippen LogP contribution in [0.15, 0.2) is 0 Å². The molecule has 4 heteroatoms. The highest BCUT2D eigenvalue weighted by Crippen LogP contribution is 2.40. The van der Waals surface area contributed by atoms with Crippen molar-refractivity contribution in [1.29, 1.82) is 0 Å². The van der Waals surface area contributed by atoms with Gasteiger partial charge in [0.15, 0.2) is 0 Å². The lowest BCUT2D eigenvalue weighted by Gasteiger charge is -2.39. The smallest absolute Gasteiger partial charge is 0.223 e. The van der Waals surface area contributed by atoms with Gasteiger partial charge in [-0.3, -0.25) is 4.79 Å². The standard InChI is InChI=1S/C18H32N2O2/c1-3-15(2)19-11-5-8-18(10-12-19)9-7-17(21)20(18)14-16-6-4-13-22-16/h15-16H,3-14H2,1-2H3/t15-,16+,18+/m0/s1. The van der Waals surface area contributed by atoms with Crippen molar-refractivity contribution in [2.45, 2.75) is 82.9 Å². The van der Waals surface area contributed by atoms with Gasteiger partial charge in [-0.25, -0.2) is 0 Å². The monoisotopic (exact) mass is 308 g/mol. The summed E-state index contributed by atoms with van der Waals surface area (Å²) in [5.41, 5.74) is 0.130. The Hall–Kier alpha value is -0.610. The summed E-state index contributed by atoms with van der Waals surface area (Å²) in [6.07, 6.45) is 9.13. The second-order valence-corrected chi connectivity index (χ2v) is 7.51. The molecule has 0 aromatic heterocycles. The lowest BCUT2D eigenvalue weighted by Crippen LogP contribution is -2.49. The van der Waals surface area contributed by atoms with Gasteiger partial charge in [0.05, 0.1) is 6.10 Å². The van der Waals surface area contributed by atoms with Gasteiger partial charge < -0.3 is 14.5 Å². The molecule has 0 aromatic rings. The van der Waals surface area contributed by atoms with Gasteiger partial charge in [0.25, 0.3) is 0 Å². The van der Waals surface area contributed by atoms with E-state index in [-0.39, 0.29) is 11.6 Å². The third kappa shape index (κ3) is 3.18. The Kier molecular flexibility index (Phi) is 5.08. The predicted octanol–water partition coefficient (Wildman–Crippen LogP) is 2.81. The molecule has 126 valence electrons. The molecular weight excluding hydrogens is 276 g/mol. The maximum absolute atomic E-state index is 12.5. The van der Waals surface area contributed by atoms with Crippen LogP contribution in [0.25, 0.3) is 0 Å². The van der Waals surface area contributed by atoms with Gasteiger partial charge in [-0.1, -0.05) is 6.92 Å². The molecule has 0 unspecified atom stereocenters. The number of amides is 1. The largest absolute Gasteiger partial charge is 0.376 e. The SMILES string of the molecule is CC[C@H](C)N1CCC[C@@]2(CCC(=O)N2C[C@H]2CCCO2)CC1. The predicted molar refractivity (Wildman–Crippen MR) is 87.8 cm³/mol. The maximum Gasteiger partial charge on any atom is 0.223 e. The molecule has 4 nitrogen and oxygen atoms in total. The highest BCUT2D eigenvalue weighted by molar-refractivity contribution is 5.79. The van der Waals surface area contributed by atoms with Gasteiger partial charge in [0.1, 0.15) is 0 Å². The van der Waals surface area contributed by atoms with Crippen molar-refractivity contribution in [2.75, 3.05) is 26.2 Å². The minimum absolute atomic E-state index is 0.130. The van der Waals surface area contributed by atoms with Gasteiger partial charge in [-0.05, 0) is 58.4 Å². The second kappa shape index (κ2) is 6.88. The molecule has 0 N–H and O–H groups in total. The molecule has 3 saturated heterocycles. The molecule has 3 fully saturated rings. The Morgan fingerprint density at radius 2 is 2.14 bits per heavy atom. The molecule has 0 aliphatic carbocycles. The maximum atomic E-state index is 12.5. The van der Waals surface area contributed by atoms with Crippen molar-refractivity contribution >= 4 is 5.91 Å². The van der Waals surface area contributed by atoms with Crippen molar-refractivity contribution in [1.82, 2.24) is 9.80 Å². The van der Waals surface area contributed by atoms with Crippen LogP contribution >= 0.6 is 0 Å². The first-order chi connectivity index (χ1) is 10.6. The first kappa shape index (κ1) is 16.3. The van der Waals surface area contributed by atoms with E-state index in [1.807, 2.05) is 0 Å². The summed E-state index contributed by atoms with van der Waals surface area (Å²) in [6, 6.07) is 0.666. The molecule has 0 aromatic carbocycles. The molecule has 0 radical (unpaired) electrons. The fraction of sp³-hybridized carbons (Fsp3) is 0.944. The third-order valence-electron chi connectivity index (χ3n) is 6.25. The zero-order valence-electron chi connectivity index (χ0n) is 14.4. The van der Waals surface area contributed by atoms with E-state index in [9.17, 15) is 4.79 Å². The molecule has 0 bridgehead atoms. The summed E-state index contributed by atoms with van der Waals surface area (Å²) in [4.78, 5) is 17.3. The molecule has 22 heavy (non-hydrogen) atoms. The molecule has 3 rings (SSSR count). The normalized spacial score (nSPS) is 35.3. The zero-order valence-corrected chi connectivity index (χ0v) is 14.4. The fourth-order valence-corrected chi connectivity index (χ4v) is 4.58. The topological polar surface area (TPSA) is 32.8 Å². The quantitative estimate of drug-likeness (QED) is 0.800. The number of rotatable bonds is 4. The third-order valence-corrected chi connectivity index (χ3v) is 6.25. The van der Waals surface area contributed by atoms with Crippen LogP contribution in [0.4, 0.5) is 0 Å². The number of carbonyl (C=O) groups is 1. The van der Waals surface area contributed by atoms with Crippen LogP contribution in [0.2, 0.25) is 0 Å². The summed E-state index contributed by atoms with van der Waals surface area (Å²) in [6.45, 7) is 8.66. The van der Waals surface area contributed by atoms with E-state index in [2.05, 4.69) is 23.6 Å². The zero-order chi connectivity index (χ0) is 15.6. The van der Waals surface area contributed by atoms with Crippen LogP contribution in [0.3, 0.4) is 0 Å². The van der Waals surface area contributed by atoms with Gasteiger partial charge in [0, 0.05) is 37.7 Å². The lowest BCUT2D eigenvalue weighted by molar-refractivity contribution is -0.133. The summed E-state index contributed by atoms with van der Waals surface area (Å²) in [7, 11) is 0. The van der Waals surface area contributed by atoms with Crippen molar-refractivity contribution in [2.24, 2.45) is 0 Å². The number of likely N-dealkylation sites (tertiary alicyclic amines) is 2. The molecule has 3 aliphatic rings. The number of hydrogen-bond acceptors (Lipinski definition) is 3. The first-order valence-corrected chi connectivity index (χ1v) is 9.31. The molecule has 1 spiro atoms. The number of hydrogen-bond donors (Lipinski definition) is 0. The Morgan fingerprint density at radius 3 is 2.86 bits per heavy atom. The summed E-state index contributed by atoms with van der Waals surface area (Å²) >= 11 is 0. The number of carbonyl (C=O) groups excluding carboxylic acids is 1. The summed E-state index contributed by atoms with van der Waals surface area (Å²) < 4.78 is 5.80. The minimum atomic E-state index is 0.130.